The van der Waals surface area contributed by atoms with Gasteiger partial charge >= 0.3 is 0 Å². The van der Waals surface area contributed by atoms with Crippen molar-refractivity contribution in [3.8, 4) is 11.1 Å². The van der Waals surface area contributed by atoms with Crippen LogP contribution in [0.2, 0.25) is 0 Å². The number of fused-ring (bicyclic) bond motifs is 1. The van der Waals surface area contributed by atoms with Crippen molar-refractivity contribution in [1.82, 2.24) is 14.7 Å². The lowest BCUT2D eigenvalue weighted by atomic mass is 9.94. The Morgan fingerprint density at radius 3 is 2.31 bits per heavy atom. The van der Waals surface area contributed by atoms with E-state index in [1.807, 2.05) is 0 Å². The van der Waals surface area contributed by atoms with Gasteiger partial charge in [0.05, 0.1) is 6.54 Å². The minimum absolute atomic E-state index is 0.312. The largest absolute Gasteiger partial charge is 0.339 e. The lowest BCUT2D eigenvalue weighted by Gasteiger charge is -2.39. The van der Waals surface area contributed by atoms with Crippen molar-refractivity contribution in [2.24, 2.45) is 0 Å². The molecule has 2 aromatic rings. The van der Waals surface area contributed by atoms with Crippen LogP contribution in [0.3, 0.4) is 0 Å². The van der Waals surface area contributed by atoms with E-state index in [2.05, 4.69) is 64.1 Å². The van der Waals surface area contributed by atoms with Crippen LogP contribution in [0.25, 0.3) is 11.1 Å². The second-order valence-corrected chi connectivity index (χ2v) is 9.85. The van der Waals surface area contributed by atoms with Gasteiger partial charge in [0, 0.05) is 45.3 Å². The van der Waals surface area contributed by atoms with Gasteiger partial charge in [0.15, 0.2) is 0 Å². The Labute approximate surface area is 193 Å². The lowest BCUT2D eigenvalue weighted by molar-refractivity contribution is -0.134. The van der Waals surface area contributed by atoms with Crippen molar-refractivity contribution in [3.05, 3.63) is 59.2 Å². The predicted molar refractivity (Wildman–Crippen MR) is 131 cm³/mol. The third kappa shape index (κ3) is 4.77. The molecule has 0 bridgehead atoms. The zero-order chi connectivity index (χ0) is 21.9. The molecule has 0 aromatic heterocycles. The molecule has 0 spiro atoms. The normalized spacial score (nSPS) is 20.5. The van der Waals surface area contributed by atoms with Gasteiger partial charge in [-0.2, -0.15) is 0 Å². The van der Waals surface area contributed by atoms with E-state index < -0.39 is 0 Å². The van der Waals surface area contributed by atoms with Crippen LogP contribution in [0.1, 0.15) is 49.3 Å². The average Bonchev–Trinajstić information content (AvgIpc) is 3.39. The average molecular weight is 432 g/mol. The van der Waals surface area contributed by atoms with Crippen molar-refractivity contribution < 1.29 is 4.79 Å². The fourth-order valence-electron chi connectivity index (χ4n) is 5.76. The Morgan fingerprint density at radius 2 is 1.59 bits per heavy atom. The topological polar surface area (TPSA) is 26.8 Å². The number of rotatable bonds is 5. The van der Waals surface area contributed by atoms with Gasteiger partial charge in [-0.1, -0.05) is 62.2 Å². The molecular formula is C28H37N3O. The molecule has 170 valence electrons. The quantitative estimate of drug-likeness (QED) is 0.704. The summed E-state index contributed by atoms with van der Waals surface area (Å²) < 4.78 is 0. The van der Waals surface area contributed by atoms with Crippen LogP contribution in [-0.2, 0) is 24.2 Å². The second-order valence-electron chi connectivity index (χ2n) is 9.85. The summed E-state index contributed by atoms with van der Waals surface area (Å²) in [5.74, 6) is 0.312. The molecule has 0 atom stereocenters. The highest BCUT2D eigenvalue weighted by Crippen LogP contribution is 2.27. The Hall–Kier alpha value is -2.17. The Morgan fingerprint density at radius 1 is 0.875 bits per heavy atom. The van der Waals surface area contributed by atoms with Gasteiger partial charge in [0.1, 0.15) is 0 Å². The predicted octanol–water partition coefficient (Wildman–Crippen LogP) is 4.36. The summed E-state index contributed by atoms with van der Waals surface area (Å²) in [7, 11) is 0. The minimum Gasteiger partial charge on any atom is -0.339 e. The number of carbonyl (C=O) groups excluding carboxylic acids is 1. The third-order valence-electron chi connectivity index (χ3n) is 7.86. The molecule has 2 heterocycles. The van der Waals surface area contributed by atoms with Crippen LogP contribution in [0.4, 0.5) is 0 Å². The van der Waals surface area contributed by atoms with Crippen molar-refractivity contribution in [2.75, 3.05) is 39.3 Å². The monoisotopic (exact) mass is 431 g/mol. The number of hydrogen-bond acceptors (Lipinski definition) is 3. The zero-order valence-electron chi connectivity index (χ0n) is 19.6. The molecule has 0 unspecified atom stereocenters. The first-order valence-electron chi connectivity index (χ1n) is 12.6. The first-order chi connectivity index (χ1) is 15.7. The molecule has 2 aliphatic heterocycles. The van der Waals surface area contributed by atoms with E-state index in [9.17, 15) is 4.79 Å². The number of carbonyl (C=O) groups is 1. The first kappa shape index (κ1) is 21.7. The number of hydrogen-bond donors (Lipinski definition) is 0. The lowest BCUT2D eigenvalue weighted by Crippen LogP contribution is -2.53. The zero-order valence-corrected chi connectivity index (χ0v) is 19.6. The Bertz CT molecular complexity index is 924. The van der Waals surface area contributed by atoms with Gasteiger partial charge in [-0.25, -0.2) is 0 Å². The molecule has 2 aromatic carbocycles. The molecule has 4 heteroatoms. The molecule has 5 rings (SSSR count). The van der Waals surface area contributed by atoms with Crippen molar-refractivity contribution in [3.63, 3.8) is 0 Å². The summed E-state index contributed by atoms with van der Waals surface area (Å²) in [5.41, 5.74) is 6.79. The molecule has 1 saturated heterocycles. The van der Waals surface area contributed by atoms with E-state index in [1.54, 1.807) is 0 Å². The standard InChI is InChI=1S/C28H37N3O/c1-2-22-7-9-23(10-8-22)24-11-12-26-20-29(14-13-25(26)19-24)21-28(32)31-17-15-30(16-18-31)27-5-3-4-6-27/h7-12,19,27H,2-6,13-18,20-21H2,1H3. The summed E-state index contributed by atoms with van der Waals surface area (Å²) in [4.78, 5) is 20.0. The van der Waals surface area contributed by atoms with Gasteiger partial charge in [0.2, 0.25) is 5.91 Å². The Kier molecular flexibility index (Phi) is 6.61. The molecule has 1 amide bonds. The molecule has 4 nitrogen and oxygen atoms in total. The molecule has 0 N–H and O–H groups in total. The number of aryl methyl sites for hydroxylation is 1. The van der Waals surface area contributed by atoms with E-state index in [0.29, 0.717) is 12.5 Å². The number of nitrogens with zero attached hydrogens (tertiary/aromatic N) is 3. The minimum atomic E-state index is 0.312. The molecule has 2 fully saturated rings. The molecule has 1 saturated carbocycles. The highest BCUT2D eigenvalue weighted by Gasteiger charge is 2.29. The smallest absolute Gasteiger partial charge is 0.236 e. The fourth-order valence-corrected chi connectivity index (χ4v) is 5.76. The maximum atomic E-state index is 13.0. The van der Waals surface area contributed by atoms with Crippen LogP contribution in [0, 0.1) is 0 Å². The number of piperazine rings is 1. The van der Waals surface area contributed by atoms with Gasteiger partial charge in [-0.3, -0.25) is 14.6 Å². The molecular weight excluding hydrogens is 394 g/mol. The summed E-state index contributed by atoms with van der Waals surface area (Å²) in [6, 6.07) is 16.6. The van der Waals surface area contributed by atoms with Gasteiger partial charge in [-0.15, -0.1) is 0 Å². The molecule has 1 aliphatic carbocycles. The fraction of sp³-hybridized carbons (Fsp3) is 0.536. The van der Waals surface area contributed by atoms with Crippen LogP contribution in [0.5, 0.6) is 0 Å². The highest BCUT2D eigenvalue weighted by atomic mass is 16.2. The first-order valence-corrected chi connectivity index (χ1v) is 12.6. The van der Waals surface area contributed by atoms with Gasteiger partial charge < -0.3 is 4.90 Å². The van der Waals surface area contributed by atoms with Crippen LogP contribution in [-0.4, -0.2) is 65.9 Å². The van der Waals surface area contributed by atoms with Crippen LogP contribution >= 0.6 is 0 Å². The van der Waals surface area contributed by atoms with E-state index >= 15 is 0 Å². The maximum Gasteiger partial charge on any atom is 0.236 e. The van der Waals surface area contributed by atoms with Crippen molar-refractivity contribution in [1.29, 1.82) is 0 Å². The summed E-state index contributed by atoms with van der Waals surface area (Å²) in [5, 5.41) is 0. The maximum absolute atomic E-state index is 13.0. The molecule has 0 radical (unpaired) electrons. The Balaban J connectivity index is 1.15. The van der Waals surface area contributed by atoms with E-state index in [-0.39, 0.29) is 0 Å². The van der Waals surface area contributed by atoms with E-state index in [4.69, 9.17) is 0 Å². The van der Waals surface area contributed by atoms with E-state index in [0.717, 1.165) is 58.2 Å². The van der Waals surface area contributed by atoms with Gasteiger partial charge in [0.25, 0.3) is 0 Å². The number of benzene rings is 2. The van der Waals surface area contributed by atoms with E-state index in [1.165, 1.54) is 53.5 Å². The summed E-state index contributed by atoms with van der Waals surface area (Å²) >= 11 is 0. The van der Waals surface area contributed by atoms with Crippen LogP contribution in [0.15, 0.2) is 42.5 Å². The van der Waals surface area contributed by atoms with Gasteiger partial charge in [-0.05, 0) is 53.5 Å². The third-order valence-corrected chi connectivity index (χ3v) is 7.86. The number of amides is 1. The van der Waals surface area contributed by atoms with Crippen molar-refractivity contribution in [2.45, 2.75) is 58.0 Å². The summed E-state index contributed by atoms with van der Waals surface area (Å²) in [6.45, 7) is 8.53. The van der Waals surface area contributed by atoms with Crippen LogP contribution < -0.4 is 0 Å². The van der Waals surface area contributed by atoms with Crippen molar-refractivity contribution >= 4 is 5.91 Å². The summed E-state index contributed by atoms with van der Waals surface area (Å²) in [6.07, 6.45) is 7.58. The highest BCUT2D eigenvalue weighted by molar-refractivity contribution is 5.78. The molecule has 32 heavy (non-hydrogen) atoms. The second kappa shape index (κ2) is 9.76. The SMILES string of the molecule is CCc1ccc(-c2ccc3c(c2)CCN(CC(=O)N2CCN(C4CCCC4)CC2)C3)cc1. The molecule has 3 aliphatic rings.